The molecule has 0 bridgehead atoms. The number of nitrogens with zero attached hydrogens (tertiary/aromatic N) is 4. The monoisotopic (exact) mass is 533 g/mol. The Hall–Kier alpha value is -3.79. The number of aromatic nitrogens is 3. The predicted octanol–water partition coefficient (Wildman–Crippen LogP) is 4.15. The highest BCUT2D eigenvalue weighted by Crippen LogP contribution is 2.31. The fourth-order valence-electron chi connectivity index (χ4n) is 5.25. The molecule has 1 fully saturated rings. The van der Waals surface area contributed by atoms with Gasteiger partial charge in [-0.15, -0.1) is 0 Å². The first-order chi connectivity index (χ1) is 18.6. The number of carbonyl (C=O) groups excluding carboxylic acids is 2. The second kappa shape index (κ2) is 12.4. The summed E-state index contributed by atoms with van der Waals surface area (Å²) in [6, 6.07) is 10.9. The number of rotatable bonds is 10. The lowest BCUT2D eigenvalue weighted by atomic mass is 9.81. The lowest BCUT2D eigenvalue weighted by Crippen LogP contribution is -2.47. The van der Waals surface area contributed by atoms with Crippen molar-refractivity contribution in [3.63, 3.8) is 0 Å². The molecule has 2 heterocycles. The quantitative estimate of drug-likeness (QED) is 0.328. The van der Waals surface area contributed by atoms with Gasteiger partial charge in [-0.25, -0.2) is 19.7 Å². The minimum Gasteiger partial charge on any atom is -0.453 e. The largest absolute Gasteiger partial charge is 0.453 e. The predicted molar refractivity (Wildman–Crippen MR) is 152 cm³/mol. The number of pyridine rings is 1. The normalized spacial score (nSPS) is 19.1. The number of hydrogen-bond acceptors (Lipinski definition) is 9. The van der Waals surface area contributed by atoms with Gasteiger partial charge in [-0.3, -0.25) is 9.69 Å². The van der Waals surface area contributed by atoms with Gasteiger partial charge in [0, 0.05) is 23.7 Å². The van der Waals surface area contributed by atoms with Crippen molar-refractivity contribution in [3.8, 4) is 0 Å². The summed E-state index contributed by atoms with van der Waals surface area (Å²) < 4.78 is 5.70. The zero-order chi connectivity index (χ0) is 28.1. The number of carbonyl (C=O) groups is 2. The van der Waals surface area contributed by atoms with Gasteiger partial charge in [-0.2, -0.15) is 0 Å². The minimum atomic E-state index is -0.561. The van der Waals surface area contributed by atoms with Crippen LogP contribution in [0.15, 0.2) is 42.6 Å². The summed E-state index contributed by atoms with van der Waals surface area (Å²) in [4.78, 5) is 40.6. The number of likely N-dealkylation sites (N-methyl/N-ethyl adjacent to an activating group) is 1. The molecule has 1 saturated carbocycles. The number of amides is 1. The molecule has 2 aromatic heterocycles. The lowest BCUT2D eigenvalue weighted by molar-refractivity contribution is -0.124. The van der Waals surface area contributed by atoms with Gasteiger partial charge in [0.15, 0.2) is 5.82 Å². The van der Waals surface area contributed by atoms with Crippen molar-refractivity contribution in [2.24, 2.45) is 11.7 Å². The first-order valence-electron chi connectivity index (χ1n) is 13.5. The summed E-state index contributed by atoms with van der Waals surface area (Å²) in [7, 11) is 3.80. The molecule has 2 atom stereocenters. The molecule has 10 heteroatoms. The Labute approximate surface area is 229 Å². The summed E-state index contributed by atoms with van der Waals surface area (Å²) in [5.41, 5.74) is 7.46. The molecule has 1 amide bonds. The number of nitrogens with one attached hydrogen (secondary N) is 2. The van der Waals surface area contributed by atoms with Crippen molar-refractivity contribution >= 4 is 34.5 Å². The molecule has 1 aliphatic carbocycles. The number of fused-ring (bicyclic) bond motifs is 1. The number of nitrogens with two attached hydrogens (primary N) is 1. The first-order valence-corrected chi connectivity index (χ1v) is 13.5. The standard InChI is InChI=1S/C29H39N7O3/c1-17(2)32-27-24-21(15-23(34-27)18(3)39-28(38)20-9-7-6-8-10-20)16-31-29(35-24)33-22-13-11-19(12-14-22)25(26(30)37)36(4)5/h6-10,15-19,22,25H,11-14H2,1-5H3,(H2,30,37)(H,32,34)(H,31,33,35)/t18-,19?,22?,25-/m1/s1. The van der Waals surface area contributed by atoms with Crippen LogP contribution in [0.5, 0.6) is 0 Å². The van der Waals surface area contributed by atoms with E-state index in [4.69, 9.17) is 20.4 Å². The zero-order valence-electron chi connectivity index (χ0n) is 23.3. The van der Waals surface area contributed by atoms with Gasteiger partial charge < -0.3 is 21.1 Å². The highest BCUT2D eigenvalue weighted by Gasteiger charge is 2.32. The Morgan fingerprint density at radius 3 is 2.36 bits per heavy atom. The minimum absolute atomic E-state index is 0.120. The van der Waals surface area contributed by atoms with E-state index in [1.165, 1.54) is 0 Å². The molecule has 10 nitrogen and oxygen atoms in total. The highest BCUT2D eigenvalue weighted by molar-refractivity contribution is 5.90. The van der Waals surface area contributed by atoms with Crippen molar-refractivity contribution in [2.75, 3.05) is 24.7 Å². The second-order valence-electron chi connectivity index (χ2n) is 10.8. The van der Waals surface area contributed by atoms with Crippen LogP contribution in [0, 0.1) is 5.92 Å². The summed E-state index contributed by atoms with van der Waals surface area (Å²) >= 11 is 0. The van der Waals surface area contributed by atoms with E-state index in [1.807, 2.05) is 45.0 Å². The first kappa shape index (κ1) is 28.2. The van der Waals surface area contributed by atoms with Crippen molar-refractivity contribution in [2.45, 2.75) is 70.7 Å². The molecule has 1 aliphatic rings. The van der Waals surface area contributed by atoms with Crippen molar-refractivity contribution in [1.82, 2.24) is 19.9 Å². The molecule has 0 spiro atoms. The Bertz CT molecular complexity index is 1290. The summed E-state index contributed by atoms with van der Waals surface area (Å²) in [5, 5.41) is 7.66. The van der Waals surface area contributed by atoms with Gasteiger partial charge in [0.25, 0.3) is 0 Å². The van der Waals surface area contributed by atoms with Gasteiger partial charge in [0.05, 0.1) is 17.3 Å². The Kier molecular flexibility index (Phi) is 8.96. The van der Waals surface area contributed by atoms with E-state index in [1.54, 1.807) is 37.4 Å². The molecule has 39 heavy (non-hydrogen) atoms. The number of benzene rings is 1. The highest BCUT2D eigenvalue weighted by atomic mass is 16.5. The van der Waals surface area contributed by atoms with E-state index in [9.17, 15) is 9.59 Å². The Morgan fingerprint density at radius 2 is 1.74 bits per heavy atom. The number of esters is 1. The van der Waals surface area contributed by atoms with E-state index >= 15 is 0 Å². The molecular weight excluding hydrogens is 494 g/mol. The van der Waals surface area contributed by atoms with Crippen LogP contribution in [-0.4, -0.2) is 63.9 Å². The van der Waals surface area contributed by atoms with Crippen LogP contribution < -0.4 is 16.4 Å². The third-order valence-corrected chi connectivity index (χ3v) is 7.12. The molecule has 4 rings (SSSR count). The molecule has 3 aromatic rings. The third kappa shape index (κ3) is 7.00. The fourth-order valence-corrected chi connectivity index (χ4v) is 5.25. The molecule has 208 valence electrons. The van der Waals surface area contributed by atoms with Gasteiger partial charge >= 0.3 is 5.97 Å². The van der Waals surface area contributed by atoms with E-state index in [2.05, 4.69) is 15.6 Å². The molecule has 0 radical (unpaired) electrons. The van der Waals surface area contributed by atoms with Gasteiger partial charge in [-0.1, -0.05) is 18.2 Å². The van der Waals surface area contributed by atoms with Gasteiger partial charge in [-0.05, 0) is 84.7 Å². The van der Waals surface area contributed by atoms with Crippen molar-refractivity contribution < 1.29 is 14.3 Å². The van der Waals surface area contributed by atoms with Crippen LogP contribution in [0.25, 0.3) is 10.9 Å². The molecule has 0 saturated heterocycles. The number of anilines is 2. The van der Waals surface area contributed by atoms with Crippen LogP contribution in [0.2, 0.25) is 0 Å². The van der Waals surface area contributed by atoms with Crippen LogP contribution in [0.3, 0.4) is 0 Å². The van der Waals surface area contributed by atoms with E-state index in [-0.39, 0.29) is 30.0 Å². The SMILES string of the molecule is CC(C)Nc1nc([C@@H](C)OC(=O)c2ccccc2)cc2cnc(NC3CCC([C@H](C(N)=O)N(C)C)CC3)nc12. The molecular formula is C29H39N7O3. The van der Waals surface area contributed by atoms with Gasteiger partial charge in [0.2, 0.25) is 11.9 Å². The molecule has 0 aliphatic heterocycles. The maximum absolute atomic E-state index is 12.6. The maximum Gasteiger partial charge on any atom is 0.338 e. The van der Waals surface area contributed by atoms with Crippen LogP contribution in [0.4, 0.5) is 11.8 Å². The third-order valence-electron chi connectivity index (χ3n) is 7.12. The average molecular weight is 534 g/mol. The average Bonchev–Trinajstić information content (AvgIpc) is 2.89. The smallest absolute Gasteiger partial charge is 0.338 e. The van der Waals surface area contributed by atoms with Crippen molar-refractivity contribution in [3.05, 3.63) is 53.9 Å². The number of hydrogen-bond donors (Lipinski definition) is 3. The summed E-state index contributed by atoms with van der Waals surface area (Å²) in [6.07, 6.45) is 4.83. The number of ether oxygens (including phenoxy) is 1. The van der Waals surface area contributed by atoms with E-state index in [0.717, 1.165) is 31.1 Å². The summed E-state index contributed by atoms with van der Waals surface area (Å²) in [6.45, 7) is 5.87. The number of primary amides is 1. The summed E-state index contributed by atoms with van der Waals surface area (Å²) in [5.74, 6) is 0.729. The van der Waals surface area contributed by atoms with Crippen LogP contribution in [0.1, 0.15) is 68.6 Å². The van der Waals surface area contributed by atoms with E-state index < -0.39 is 12.1 Å². The Balaban J connectivity index is 1.50. The van der Waals surface area contributed by atoms with Crippen molar-refractivity contribution in [1.29, 1.82) is 0 Å². The second-order valence-corrected chi connectivity index (χ2v) is 10.8. The topological polar surface area (TPSA) is 135 Å². The maximum atomic E-state index is 12.6. The fraction of sp³-hybridized carbons (Fsp3) is 0.483. The molecule has 4 N–H and O–H groups in total. The molecule has 0 unspecified atom stereocenters. The molecule has 1 aromatic carbocycles. The van der Waals surface area contributed by atoms with Crippen LogP contribution in [-0.2, 0) is 9.53 Å². The van der Waals surface area contributed by atoms with Gasteiger partial charge in [0.1, 0.15) is 11.6 Å². The lowest BCUT2D eigenvalue weighted by Gasteiger charge is -2.35. The van der Waals surface area contributed by atoms with E-state index in [0.29, 0.717) is 28.5 Å². The Morgan fingerprint density at radius 1 is 1.05 bits per heavy atom. The zero-order valence-corrected chi connectivity index (χ0v) is 23.3. The van der Waals surface area contributed by atoms with Crippen LogP contribution >= 0.6 is 0 Å².